The van der Waals surface area contributed by atoms with E-state index in [1.54, 1.807) is 64.3 Å². The average Bonchev–Trinajstić information content (AvgIpc) is 3.94. The van der Waals surface area contributed by atoms with Crippen molar-refractivity contribution in [3.63, 3.8) is 0 Å². The van der Waals surface area contributed by atoms with Gasteiger partial charge < -0.3 is 41.5 Å². The van der Waals surface area contributed by atoms with E-state index in [9.17, 15) is 33.6 Å². The van der Waals surface area contributed by atoms with Gasteiger partial charge in [-0.15, -0.1) is 0 Å². The molecule has 2 fully saturated rings. The number of nitrogens with zero attached hydrogens (tertiary/aromatic N) is 2. The van der Waals surface area contributed by atoms with Crippen molar-refractivity contribution in [3.8, 4) is 5.75 Å². The Labute approximate surface area is 465 Å². The Bertz CT molecular complexity index is 2820. The monoisotopic (exact) mass is 1080 g/mol. The molecule has 0 bridgehead atoms. The van der Waals surface area contributed by atoms with Crippen LogP contribution in [0.4, 0.5) is 0 Å². The third-order valence-electron chi connectivity index (χ3n) is 16.5. The Morgan fingerprint density at radius 2 is 1.20 bits per heavy atom. The van der Waals surface area contributed by atoms with Crippen LogP contribution in [-0.4, -0.2) is 102 Å². The van der Waals surface area contributed by atoms with E-state index in [4.69, 9.17) is 4.74 Å². The van der Waals surface area contributed by atoms with E-state index in [0.29, 0.717) is 24.2 Å². The maximum absolute atomic E-state index is 14.6. The summed E-state index contributed by atoms with van der Waals surface area (Å²) in [5, 5.41) is 19.8. The summed E-state index contributed by atoms with van der Waals surface area (Å²) in [6.07, 6.45) is 8.40. The number of fused-ring (bicyclic) bond motifs is 2. The van der Waals surface area contributed by atoms with Crippen molar-refractivity contribution in [3.05, 3.63) is 136 Å². The number of ether oxygens (including phenoxy) is 1. The van der Waals surface area contributed by atoms with Crippen molar-refractivity contribution in [2.45, 2.75) is 161 Å². The topological polar surface area (TPSA) is 219 Å². The molecule has 4 aliphatic rings. The van der Waals surface area contributed by atoms with E-state index in [2.05, 4.69) is 55.5 Å². The minimum Gasteiger partial charge on any atom is -0.489 e. The number of rotatable bonds is 18. The molecule has 79 heavy (non-hydrogen) atoms. The number of aryl methyl sites for hydroxylation is 2. The Morgan fingerprint density at radius 1 is 0.646 bits per heavy atom. The van der Waals surface area contributed by atoms with Gasteiger partial charge in [0.25, 0.3) is 11.8 Å². The van der Waals surface area contributed by atoms with Crippen LogP contribution in [-0.2, 0) is 54.8 Å². The Kier molecular flexibility index (Phi) is 19.3. The Morgan fingerprint density at radius 3 is 1.80 bits per heavy atom. The van der Waals surface area contributed by atoms with E-state index in [-0.39, 0.29) is 73.6 Å². The number of likely N-dealkylation sites (N-methyl/N-ethyl adjacent to an activating group) is 2. The van der Waals surface area contributed by atoms with Gasteiger partial charge in [-0.25, -0.2) is 5.01 Å². The predicted molar refractivity (Wildman–Crippen MR) is 302 cm³/mol. The summed E-state index contributed by atoms with van der Waals surface area (Å²) in [4.78, 5) is 99.3. The molecule has 0 spiro atoms. The number of amides is 7. The maximum atomic E-state index is 14.6. The van der Waals surface area contributed by atoms with Crippen LogP contribution in [0.25, 0.3) is 0 Å². The lowest BCUT2D eigenvalue weighted by atomic mass is 9.77. The molecular formula is C62H81N9O8. The fourth-order valence-electron chi connectivity index (χ4n) is 11.5. The second kappa shape index (κ2) is 26.2. The number of hydrogen-bond acceptors (Lipinski definition) is 10. The molecule has 1 saturated carbocycles. The van der Waals surface area contributed by atoms with Crippen LogP contribution >= 0.6 is 0 Å². The van der Waals surface area contributed by atoms with Crippen LogP contribution in [0.1, 0.15) is 148 Å². The summed E-state index contributed by atoms with van der Waals surface area (Å²) in [5.74, 6) is -2.72. The first-order chi connectivity index (χ1) is 37.9. The second-order valence-corrected chi connectivity index (χ2v) is 23.1. The summed E-state index contributed by atoms with van der Waals surface area (Å²) in [5.41, 5.74) is 8.75. The van der Waals surface area contributed by atoms with Crippen molar-refractivity contribution in [1.82, 2.24) is 47.2 Å². The van der Waals surface area contributed by atoms with E-state index in [1.807, 2.05) is 63.2 Å². The average molecular weight is 1080 g/mol. The number of carbonyl (C=O) groups is 7. The lowest BCUT2D eigenvalue weighted by molar-refractivity contribution is -0.151. The van der Waals surface area contributed by atoms with Crippen LogP contribution in [0.2, 0.25) is 0 Å². The van der Waals surface area contributed by atoms with Crippen molar-refractivity contribution < 1.29 is 38.3 Å². The molecule has 0 aromatic heterocycles. The minimum atomic E-state index is -0.941. The molecule has 9 atom stereocenters. The third kappa shape index (κ3) is 14.4. The fraction of sp³-hybridized carbons (Fsp3) is 0.500. The Balaban J connectivity index is 0.892. The van der Waals surface area contributed by atoms with Crippen LogP contribution in [0.5, 0.6) is 5.75 Å². The van der Waals surface area contributed by atoms with E-state index < -0.39 is 53.4 Å². The number of benzene rings is 4. The third-order valence-corrected chi connectivity index (χ3v) is 16.5. The van der Waals surface area contributed by atoms with Gasteiger partial charge in [0.2, 0.25) is 29.5 Å². The van der Waals surface area contributed by atoms with Gasteiger partial charge in [0.1, 0.15) is 24.4 Å². The zero-order valence-corrected chi connectivity index (χ0v) is 47.0. The molecule has 1 heterocycles. The molecule has 7 unspecified atom stereocenters. The first-order valence-corrected chi connectivity index (χ1v) is 28.4. The number of likely N-dealkylation sites (tertiary alicyclic amines) is 1. The van der Waals surface area contributed by atoms with Crippen molar-refractivity contribution in [2.24, 2.45) is 17.3 Å². The standard InChI is InChI=1S/C62H81N9O8/c1-38(63-6)55(72)68-54(62(3,4)5)61(78)70-36-45(34-53(70)59(76)67-52-25-15-19-43-17-9-11-21-48(43)52)65-57(74)44-30-26-41(27-31-44)37-79-46-32-28-40(29-33-46)35-71(69-56(73)39(2)64-7)60(77)50-23-13-12-22-49(50)58(75)66-51-24-14-18-42-16-8-10-20-47(42)51/h8-11,16-17,20-21,26-33,38-39,45,49-54,63-64H,12-15,18-19,22-25,34-37H2,1-7H3,(H,65,74)(H,66,75)(H,67,76)(H,68,72)(H,69,73)/t38-,39-,45?,49?,50?,51?,52?,53?,54?/m0/s1. The molecule has 3 aliphatic carbocycles. The second-order valence-electron chi connectivity index (χ2n) is 23.1. The van der Waals surface area contributed by atoms with E-state index >= 15 is 0 Å². The lowest BCUT2D eigenvalue weighted by Crippen LogP contribution is -2.59. The molecule has 4 aromatic rings. The molecule has 1 saturated heterocycles. The molecule has 0 radical (unpaired) electrons. The van der Waals surface area contributed by atoms with Crippen molar-refractivity contribution >= 4 is 41.4 Å². The lowest BCUT2D eigenvalue weighted by Gasteiger charge is -2.36. The van der Waals surface area contributed by atoms with Gasteiger partial charge in [-0.2, -0.15) is 0 Å². The SMILES string of the molecule is CN[C@@H](C)C(=O)NC(C(=O)N1CC(NC(=O)c2ccc(COc3ccc(CN(NC(=O)[C@H](C)NC)C(=O)C4CCCCC4C(=O)NC4CCCc5ccccc54)cc3)cc2)CC1C(=O)NC1CCCc2ccccc21)C(C)(C)C. The van der Waals surface area contributed by atoms with E-state index in [0.717, 1.165) is 73.6 Å². The van der Waals surface area contributed by atoms with Crippen LogP contribution in [0.15, 0.2) is 97.1 Å². The highest BCUT2D eigenvalue weighted by molar-refractivity contribution is 5.96. The van der Waals surface area contributed by atoms with Gasteiger partial charge >= 0.3 is 0 Å². The molecule has 17 nitrogen and oxygen atoms in total. The smallest absolute Gasteiger partial charge is 0.255 e. The quantitative estimate of drug-likeness (QED) is 0.0555. The summed E-state index contributed by atoms with van der Waals surface area (Å²) >= 11 is 0. The highest BCUT2D eigenvalue weighted by Crippen LogP contribution is 2.36. The normalized spacial score (nSPS) is 21.9. The van der Waals surface area contributed by atoms with Crippen LogP contribution in [0.3, 0.4) is 0 Å². The summed E-state index contributed by atoms with van der Waals surface area (Å²) in [7, 11) is 3.35. The maximum Gasteiger partial charge on any atom is 0.255 e. The van der Waals surface area contributed by atoms with Crippen LogP contribution < -0.4 is 42.1 Å². The highest BCUT2D eigenvalue weighted by Gasteiger charge is 2.46. The molecule has 17 heteroatoms. The number of carbonyl (C=O) groups excluding carboxylic acids is 7. The van der Waals surface area contributed by atoms with Gasteiger partial charge in [0.05, 0.1) is 36.6 Å². The van der Waals surface area contributed by atoms with Crippen molar-refractivity contribution in [2.75, 3.05) is 20.6 Å². The Hall–Kier alpha value is -7.11. The zero-order chi connectivity index (χ0) is 56.4. The summed E-state index contributed by atoms with van der Waals surface area (Å²) < 4.78 is 6.16. The number of hydrogen-bond donors (Lipinski definition) is 7. The first kappa shape index (κ1) is 58.0. The van der Waals surface area contributed by atoms with Gasteiger partial charge in [0, 0.05) is 24.1 Å². The van der Waals surface area contributed by atoms with Crippen molar-refractivity contribution in [1.29, 1.82) is 0 Å². The fourth-order valence-corrected chi connectivity index (χ4v) is 11.5. The zero-order valence-electron chi connectivity index (χ0n) is 47.0. The number of hydrazine groups is 1. The molecular weight excluding hydrogens is 999 g/mol. The first-order valence-electron chi connectivity index (χ1n) is 28.4. The largest absolute Gasteiger partial charge is 0.489 e. The van der Waals surface area contributed by atoms with E-state index in [1.165, 1.54) is 21.0 Å². The van der Waals surface area contributed by atoms with Gasteiger partial charge in [-0.3, -0.25) is 39.0 Å². The number of nitrogens with one attached hydrogen (secondary N) is 7. The van der Waals surface area contributed by atoms with Gasteiger partial charge in [0.15, 0.2) is 0 Å². The van der Waals surface area contributed by atoms with Crippen LogP contribution in [0, 0.1) is 17.3 Å². The van der Waals surface area contributed by atoms with Gasteiger partial charge in [-0.1, -0.05) is 106 Å². The molecule has 7 N–H and O–H groups in total. The predicted octanol–water partition coefficient (Wildman–Crippen LogP) is 6.27. The molecule has 4 aromatic carbocycles. The molecule has 422 valence electrons. The van der Waals surface area contributed by atoms with Gasteiger partial charge in [-0.05, 0) is 149 Å². The minimum absolute atomic E-state index is 0.0768. The molecule has 8 rings (SSSR count). The molecule has 7 amide bonds. The summed E-state index contributed by atoms with van der Waals surface area (Å²) in [6.45, 7) is 9.40. The highest BCUT2D eigenvalue weighted by atomic mass is 16.5. The molecule has 1 aliphatic heterocycles. The summed E-state index contributed by atoms with van der Waals surface area (Å²) in [6, 6.07) is 26.8.